The SMILES string of the molecule is CC(C)(C)OC(=O)CCN1CCN(c2cccc3c2C(=O)N(C2CCC(=O)NC2=O)C3=O)CC1. The number of piperidine rings is 1. The van der Waals surface area contributed by atoms with Crippen LogP contribution in [-0.4, -0.2) is 83.8 Å². The number of imide groups is 2. The van der Waals surface area contributed by atoms with Gasteiger partial charge in [-0.2, -0.15) is 0 Å². The van der Waals surface area contributed by atoms with Crippen LogP contribution < -0.4 is 10.2 Å². The number of carbonyl (C=O) groups is 5. The Bertz CT molecular complexity index is 1040. The summed E-state index contributed by atoms with van der Waals surface area (Å²) in [4.78, 5) is 67.4. The zero-order valence-corrected chi connectivity index (χ0v) is 19.8. The number of nitrogens with zero attached hydrogens (tertiary/aromatic N) is 3. The number of amides is 4. The van der Waals surface area contributed by atoms with Gasteiger partial charge < -0.3 is 9.64 Å². The number of nitrogens with one attached hydrogen (secondary N) is 1. The lowest BCUT2D eigenvalue weighted by molar-refractivity contribution is -0.155. The Morgan fingerprint density at radius 2 is 1.76 bits per heavy atom. The largest absolute Gasteiger partial charge is 0.460 e. The maximum Gasteiger partial charge on any atom is 0.307 e. The number of rotatable bonds is 5. The third-order valence-corrected chi connectivity index (χ3v) is 6.21. The molecule has 4 amide bonds. The van der Waals surface area contributed by atoms with Crippen LogP contribution in [0.3, 0.4) is 0 Å². The molecule has 3 heterocycles. The molecule has 0 aromatic heterocycles. The molecule has 4 rings (SSSR count). The van der Waals surface area contributed by atoms with Crippen molar-refractivity contribution in [3.05, 3.63) is 29.3 Å². The fourth-order valence-electron chi connectivity index (χ4n) is 4.61. The van der Waals surface area contributed by atoms with Gasteiger partial charge in [-0.25, -0.2) is 0 Å². The van der Waals surface area contributed by atoms with Crippen molar-refractivity contribution < 1.29 is 28.7 Å². The summed E-state index contributed by atoms with van der Waals surface area (Å²) in [5.41, 5.74) is 0.742. The molecule has 34 heavy (non-hydrogen) atoms. The van der Waals surface area contributed by atoms with E-state index in [1.165, 1.54) is 0 Å². The highest BCUT2D eigenvalue weighted by molar-refractivity contribution is 6.25. The highest BCUT2D eigenvalue weighted by Crippen LogP contribution is 2.34. The van der Waals surface area contributed by atoms with Gasteiger partial charge in [0.1, 0.15) is 11.6 Å². The first-order valence-electron chi connectivity index (χ1n) is 11.6. The van der Waals surface area contributed by atoms with Crippen LogP contribution in [0.5, 0.6) is 0 Å². The average molecular weight is 471 g/mol. The van der Waals surface area contributed by atoms with Crippen LogP contribution in [-0.2, 0) is 19.1 Å². The first kappa shape index (κ1) is 23.9. The summed E-state index contributed by atoms with van der Waals surface area (Å²) in [6.45, 7) is 8.78. The quantitative estimate of drug-likeness (QED) is 0.499. The summed E-state index contributed by atoms with van der Waals surface area (Å²) in [6, 6.07) is 4.17. The Labute approximate surface area is 198 Å². The first-order chi connectivity index (χ1) is 16.0. The van der Waals surface area contributed by atoms with Crippen LogP contribution >= 0.6 is 0 Å². The minimum atomic E-state index is -0.984. The van der Waals surface area contributed by atoms with Gasteiger partial charge in [0.05, 0.1) is 23.2 Å². The van der Waals surface area contributed by atoms with Crippen molar-refractivity contribution in [2.24, 2.45) is 0 Å². The number of benzene rings is 1. The molecule has 3 aliphatic heterocycles. The molecule has 0 saturated carbocycles. The molecule has 2 saturated heterocycles. The molecule has 1 atom stereocenters. The normalized spacial score (nSPS) is 21.6. The smallest absolute Gasteiger partial charge is 0.307 e. The van der Waals surface area contributed by atoms with Gasteiger partial charge in [0.15, 0.2) is 0 Å². The second kappa shape index (κ2) is 9.17. The van der Waals surface area contributed by atoms with E-state index in [4.69, 9.17) is 4.74 Å². The monoisotopic (exact) mass is 470 g/mol. The molecular weight excluding hydrogens is 440 g/mol. The molecule has 1 aromatic rings. The molecule has 0 bridgehead atoms. The Morgan fingerprint density at radius 3 is 2.41 bits per heavy atom. The van der Waals surface area contributed by atoms with Gasteiger partial charge in [-0.15, -0.1) is 0 Å². The van der Waals surface area contributed by atoms with Crippen LogP contribution in [0.15, 0.2) is 18.2 Å². The second-order valence-electron chi connectivity index (χ2n) is 9.81. The fourth-order valence-corrected chi connectivity index (χ4v) is 4.61. The molecular formula is C24H30N4O6. The Kier molecular flexibility index (Phi) is 6.44. The summed E-state index contributed by atoms with van der Waals surface area (Å²) in [5.74, 6) is -2.26. The number of hydrogen-bond donors (Lipinski definition) is 1. The first-order valence-corrected chi connectivity index (χ1v) is 11.6. The lowest BCUT2D eigenvalue weighted by Gasteiger charge is -2.36. The molecule has 10 heteroatoms. The topological polar surface area (TPSA) is 116 Å². The van der Waals surface area contributed by atoms with Crippen LogP contribution in [0, 0.1) is 0 Å². The molecule has 0 radical (unpaired) electrons. The van der Waals surface area contributed by atoms with Crippen LogP contribution in [0.25, 0.3) is 0 Å². The zero-order chi connectivity index (χ0) is 24.6. The summed E-state index contributed by atoms with van der Waals surface area (Å²) >= 11 is 0. The van der Waals surface area contributed by atoms with Crippen molar-refractivity contribution in [1.82, 2.24) is 15.1 Å². The molecule has 0 aliphatic carbocycles. The van der Waals surface area contributed by atoms with Crippen molar-refractivity contribution in [1.29, 1.82) is 0 Å². The third-order valence-electron chi connectivity index (χ3n) is 6.21. The fraction of sp³-hybridized carbons (Fsp3) is 0.542. The highest BCUT2D eigenvalue weighted by Gasteiger charge is 2.46. The summed E-state index contributed by atoms with van der Waals surface area (Å²) in [5, 5.41) is 2.22. The van der Waals surface area contributed by atoms with Crippen molar-refractivity contribution in [3.63, 3.8) is 0 Å². The van der Waals surface area contributed by atoms with Gasteiger partial charge in [0, 0.05) is 39.1 Å². The average Bonchev–Trinajstić information content (AvgIpc) is 3.02. The van der Waals surface area contributed by atoms with E-state index in [0.29, 0.717) is 50.4 Å². The second-order valence-corrected chi connectivity index (χ2v) is 9.81. The van der Waals surface area contributed by atoms with E-state index in [0.717, 1.165) is 4.90 Å². The highest BCUT2D eigenvalue weighted by atomic mass is 16.6. The predicted octanol–water partition coefficient (Wildman–Crippen LogP) is 0.942. The number of carbonyl (C=O) groups excluding carboxylic acids is 5. The van der Waals surface area contributed by atoms with Crippen LogP contribution in [0.2, 0.25) is 0 Å². The van der Waals surface area contributed by atoms with E-state index in [2.05, 4.69) is 15.1 Å². The van der Waals surface area contributed by atoms with E-state index in [-0.39, 0.29) is 24.4 Å². The number of fused-ring (bicyclic) bond motifs is 1. The van der Waals surface area contributed by atoms with Gasteiger partial charge in [-0.3, -0.25) is 39.1 Å². The van der Waals surface area contributed by atoms with Crippen molar-refractivity contribution in [2.45, 2.75) is 51.7 Å². The van der Waals surface area contributed by atoms with E-state index >= 15 is 0 Å². The van der Waals surface area contributed by atoms with Gasteiger partial charge >= 0.3 is 5.97 Å². The summed E-state index contributed by atoms with van der Waals surface area (Å²) in [6.07, 6.45) is 0.523. The summed E-state index contributed by atoms with van der Waals surface area (Å²) < 4.78 is 5.37. The third kappa shape index (κ3) is 4.82. The predicted molar refractivity (Wildman–Crippen MR) is 122 cm³/mol. The number of ether oxygens (including phenoxy) is 1. The maximum atomic E-state index is 13.3. The van der Waals surface area contributed by atoms with E-state index in [1.54, 1.807) is 12.1 Å². The van der Waals surface area contributed by atoms with Crippen molar-refractivity contribution in [3.8, 4) is 0 Å². The lowest BCUT2D eigenvalue weighted by atomic mass is 10.0. The van der Waals surface area contributed by atoms with Crippen LogP contribution in [0.4, 0.5) is 5.69 Å². The number of hydrogen-bond acceptors (Lipinski definition) is 8. The van der Waals surface area contributed by atoms with Crippen molar-refractivity contribution >= 4 is 35.3 Å². The van der Waals surface area contributed by atoms with Crippen molar-refractivity contribution in [2.75, 3.05) is 37.6 Å². The lowest BCUT2D eigenvalue weighted by Crippen LogP contribution is -2.54. The molecule has 182 valence electrons. The number of anilines is 1. The molecule has 3 aliphatic rings. The molecule has 2 fully saturated rings. The zero-order valence-electron chi connectivity index (χ0n) is 19.8. The molecule has 10 nitrogen and oxygen atoms in total. The van der Waals surface area contributed by atoms with Crippen LogP contribution in [0.1, 0.15) is 60.7 Å². The van der Waals surface area contributed by atoms with E-state index in [1.807, 2.05) is 26.8 Å². The minimum absolute atomic E-state index is 0.0852. The Balaban J connectivity index is 1.42. The van der Waals surface area contributed by atoms with E-state index in [9.17, 15) is 24.0 Å². The standard InChI is InChI=1S/C24H30N4O6/c1-24(2,3)34-19(30)9-10-26-11-13-27(14-12-26)16-6-4-5-15-20(16)23(33)28(22(15)32)17-7-8-18(29)25-21(17)31/h4-6,17H,7-14H2,1-3H3,(H,25,29,31). The Hall–Kier alpha value is -3.27. The molecule has 1 unspecified atom stereocenters. The molecule has 0 spiro atoms. The summed E-state index contributed by atoms with van der Waals surface area (Å²) in [7, 11) is 0. The minimum Gasteiger partial charge on any atom is -0.460 e. The van der Waals surface area contributed by atoms with E-state index < -0.39 is 35.3 Å². The van der Waals surface area contributed by atoms with Gasteiger partial charge in [-0.05, 0) is 39.3 Å². The Morgan fingerprint density at radius 1 is 1.06 bits per heavy atom. The molecule has 1 aromatic carbocycles. The van der Waals surface area contributed by atoms with Gasteiger partial charge in [0.25, 0.3) is 11.8 Å². The number of esters is 1. The van der Waals surface area contributed by atoms with Gasteiger partial charge in [0.2, 0.25) is 11.8 Å². The maximum absolute atomic E-state index is 13.3. The molecule has 1 N–H and O–H groups in total. The van der Waals surface area contributed by atoms with Gasteiger partial charge in [-0.1, -0.05) is 6.07 Å². The number of piperazine rings is 1.